The zero-order valence-corrected chi connectivity index (χ0v) is 25.5. The van der Waals surface area contributed by atoms with E-state index in [2.05, 4.69) is 61.2 Å². The molecule has 5 rings (SSSR count). The van der Waals surface area contributed by atoms with Gasteiger partial charge in [0, 0.05) is 56.6 Å². The van der Waals surface area contributed by atoms with Crippen LogP contribution in [0.25, 0.3) is 11.2 Å². The van der Waals surface area contributed by atoms with E-state index in [-0.39, 0.29) is 23.2 Å². The Kier molecular flexibility index (Phi) is 9.47. The molecule has 0 bridgehead atoms. The summed E-state index contributed by atoms with van der Waals surface area (Å²) in [6.45, 7) is 17.6. The van der Waals surface area contributed by atoms with E-state index in [0.29, 0.717) is 22.8 Å². The normalized spacial score (nSPS) is 16.1. The maximum absolute atomic E-state index is 12.2. The number of likely N-dealkylation sites (N-methyl/N-ethyl adjacent to an activating group) is 1. The standard InChI is InChI=1S/C21H27N7O.C9H17NO2/c1-13(2)18-20(29)25-19-16(24-18)12-22-21(26-19)23-15-5-6-17(14(3)11-15)28-9-7-27(4)8-10-28;1-9(2,3)12-8(11)10-6-4-5-7-10/h5-6,11-13H,7-10H2,1-4H3,(H2,22,23,25,26,29);4-7H2,1-3H3. The fourth-order valence-corrected chi connectivity index (χ4v) is 4.84. The van der Waals surface area contributed by atoms with Gasteiger partial charge in [-0.2, -0.15) is 4.98 Å². The molecule has 41 heavy (non-hydrogen) atoms. The summed E-state index contributed by atoms with van der Waals surface area (Å²) in [5.74, 6) is 0.474. The Morgan fingerprint density at radius 2 is 1.73 bits per heavy atom. The van der Waals surface area contributed by atoms with Crippen molar-refractivity contribution in [2.45, 2.75) is 65.9 Å². The van der Waals surface area contributed by atoms with E-state index in [0.717, 1.165) is 57.8 Å². The molecule has 0 atom stereocenters. The number of aryl methyl sites for hydroxylation is 1. The predicted octanol–water partition coefficient (Wildman–Crippen LogP) is 4.66. The minimum Gasteiger partial charge on any atom is -0.444 e. The lowest BCUT2D eigenvalue weighted by Gasteiger charge is -2.35. The number of hydrogen-bond acceptors (Lipinski definition) is 9. The van der Waals surface area contributed by atoms with Crippen LogP contribution < -0.4 is 15.8 Å². The molecule has 11 heteroatoms. The number of anilines is 3. The Morgan fingerprint density at radius 3 is 2.34 bits per heavy atom. The highest BCUT2D eigenvalue weighted by Gasteiger charge is 2.24. The van der Waals surface area contributed by atoms with E-state index in [4.69, 9.17) is 4.74 Å². The van der Waals surface area contributed by atoms with Crippen LogP contribution in [0, 0.1) is 6.92 Å². The molecule has 11 nitrogen and oxygen atoms in total. The highest BCUT2D eigenvalue weighted by molar-refractivity contribution is 5.71. The molecule has 1 amide bonds. The molecule has 0 aliphatic carbocycles. The number of aromatic nitrogens is 4. The Labute approximate surface area is 242 Å². The first-order valence-corrected chi connectivity index (χ1v) is 14.5. The van der Waals surface area contributed by atoms with Gasteiger partial charge in [-0.15, -0.1) is 0 Å². The van der Waals surface area contributed by atoms with Crippen LogP contribution in [-0.4, -0.2) is 87.7 Å². The van der Waals surface area contributed by atoms with Crippen molar-refractivity contribution in [3.8, 4) is 0 Å². The third-order valence-electron chi connectivity index (χ3n) is 7.08. The number of piperazine rings is 1. The summed E-state index contributed by atoms with van der Waals surface area (Å²) >= 11 is 0. The van der Waals surface area contributed by atoms with Crippen LogP contribution in [0.4, 0.5) is 22.1 Å². The highest BCUT2D eigenvalue weighted by Crippen LogP contribution is 2.26. The van der Waals surface area contributed by atoms with Gasteiger partial charge in [0.15, 0.2) is 5.65 Å². The molecule has 2 aliphatic rings. The van der Waals surface area contributed by atoms with Crippen LogP contribution in [0.15, 0.2) is 29.2 Å². The number of nitrogens with one attached hydrogen (secondary N) is 2. The molecule has 2 aromatic heterocycles. The third-order valence-corrected chi connectivity index (χ3v) is 7.08. The number of carbonyl (C=O) groups is 1. The minimum absolute atomic E-state index is 0.0442. The zero-order chi connectivity index (χ0) is 29.7. The van der Waals surface area contributed by atoms with Gasteiger partial charge in [-0.3, -0.25) is 4.79 Å². The Balaban J connectivity index is 0.000000271. The van der Waals surface area contributed by atoms with E-state index in [1.165, 1.54) is 11.3 Å². The molecule has 0 saturated carbocycles. The van der Waals surface area contributed by atoms with Crippen molar-refractivity contribution in [3.63, 3.8) is 0 Å². The van der Waals surface area contributed by atoms with E-state index >= 15 is 0 Å². The fourth-order valence-electron chi connectivity index (χ4n) is 4.84. The lowest BCUT2D eigenvalue weighted by molar-refractivity contribution is 0.0295. The number of aromatic amines is 1. The monoisotopic (exact) mass is 564 g/mol. The molecule has 0 radical (unpaired) electrons. The molecule has 1 aromatic carbocycles. The molecular weight excluding hydrogens is 520 g/mol. The first-order chi connectivity index (χ1) is 19.4. The molecule has 0 spiro atoms. The maximum atomic E-state index is 12.2. The van der Waals surface area contributed by atoms with Crippen LogP contribution >= 0.6 is 0 Å². The van der Waals surface area contributed by atoms with Crippen LogP contribution in [-0.2, 0) is 4.74 Å². The number of benzene rings is 1. The first-order valence-electron chi connectivity index (χ1n) is 14.5. The molecule has 2 aliphatic heterocycles. The van der Waals surface area contributed by atoms with Crippen molar-refractivity contribution in [3.05, 3.63) is 46.0 Å². The van der Waals surface area contributed by atoms with Crippen molar-refractivity contribution >= 4 is 34.6 Å². The summed E-state index contributed by atoms with van der Waals surface area (Å²) in [4.78, 5) is 46.1. The van der Waals surface area contributed by atoms with Gasteiger partial charge in [-0.05, 0) is 71.3 Å². The molecule has 222 valence electrons. The number of likely N-dealkylation sites (tertiary alicyclic amines) is 1. The number of hydrogen-bond donors (Lipinski definition) is 2. The van der Waals surface area contributed by atoms with Gasteiger partial charge in [0.25, 0.3) is 5.56 Å². The second kappa shape index (κ2) is 12.8. The summed E-state index contributed by atoms with van der Waals surface area (Å²) in [6, 6.07) is 6.28. The molecule has 0 unspecified atom stereocenters. The van der Waals surface area contributed by atoms with Crippen molar-refractivity contribution in [1.82, 2.24) is 29.7 Å². The molecule has 2 fully saturated rings. The number of ether oxygens (including phenoxy) is 1. The quantitative estimate of drug-likeness (QED) is 0.466. The van der Waals surface area contributed by atoms with Gasteiger partial charge in [0.1, 0.15) is 16.8 Å². The predicted molar refractivity (Wildman–Crippen MR) is 163 cm³/mol. The van der Waals surface area contributed by atoms with Crippen molar-refractivity contribution in [2.75, 3.05) is 56.5 Å². The van der Waals surface area contributed by atoms with Gasteiger partial charge < -0.3 is 29.7 Å². The van der Waals surface area contributed by atoms with Crippen molar-refractivity contribution < 1.29 is 9.53 Å². The second-order valence-electron chi connectivity index (χ2n) is 12.1. The lowest BCUT2D eigenvalue weighted by Crippen LogP contribution is -2.44. The van der Waals surface area contributed by atoms with Crippen LogP contribution in [0.2, 0.25) is 0 Å². The van der Waals surface area contributed by atoms with E-state index in [1.54, 1.807) is 11.1 Å². The maximum Gasteiger partial charge on any atom is 0.410 e. The number of amides is 1. The van der Waals surface area contributed by atoms with E-state index in [9.17, 15) is 9.59 Å². The zero-order valence-electron chi connectivity index (χ0n) is 25.5. The number of nitrogens with zero attached hydrogens (tertiary/aromatic N) is 6. The molecular formula is C30H44N8O3. The Hall–Kier alpha value is -3.73. The van der Waals surface area contributed by atoms with Gasteiger partial charge in [0.2, 0.25) is 5.95 Å². The number of fused-ring (bicyclic) bond motifs is 1. The second-order valence-corrected chi connectivity index (χ2v) is 12.1. The third kappa shape index (κ3) is 8.16. The average Bonchev–Trinajstić information content (AvgIpc) is 3.44. The smallest absolute Gasteiger partial charge is 0.410 e. The van der Waals surface area contributed by atoms with Gasteiger partial charge in [0.05, 0.1) is 6.20 Å². The number of carbonyl (C=O) groups excluding carboxylic acids is 1. The average molecular weight is 565 g/mol. The topological polar surface area (TPSA) is 120 Å². The van der Waals surface area contributed by atoms with Gasteiger partial charge in [-0.25, -0.2) is 14.8 Å². The molecule has 4 heterocycles. The summed E-state index contributed by atoms with van der Waals surface area (Å²) in [7, 11) is 2.16. The van der Waals surface area contributed by atoms with Crippen LogP contribution in [0.5, 0.6) is 0 Å². The Morgan fingerprint density at radius 1 is 1.05 bits per heavy atom. The van der Waals surface area contributed by atoms with Crippen molar-refractivity contribution in [2.24, 2.45) is 0 Å². The molecule has 3 aromatic rings. The van der Waals surface area contributed by atoms with Gasteiger partial charge in [-0.1, -0.05) is 13.8 Å². The summed E-state index contributed by atoms with van der Waals surface area (Å²) in [5, 5.41) is 3.23. The van der Waals surface area contributed by atoms with Gasteiger partial charge >= 0.3 is 6.09 Å². The highest BCUT2D eigenvalue weighted by atomic mass is 16.6. The van der Waals surface area contributed by atoms with Crippen molar-refractivity contribution in [1.29, 1.82) is 0 Å². The summed E-state index contributed by atoms with van der Waals surface area (Å²) in [5.41, 5.74) is 4.33. The lowest BCUT2D eigenvalue weighted by atomic mass is 10.1. The van der Waals surface area contributed by atoms with E-state index < -0.39 is 0 Å². The summed E-state index contributed by atoms with van der Waals surface area (Å²) in [6.07, 6.45) is 3.69. The summed E-state index contributed by atoms with van der Waals surface area (Å²) < 4.78 is 5.21. The molecule has 2 saturated heterocycles. The first kappa shape index (κ1) is 30.2. The SMILES string of the molecule is CC(C)(C)OC(=O)N1CCCC1.Cc1cc(Nc2ncc3nc(C(C)C)c(=O)[nH]c3n2)ccc1N1CCN(C)CC1. The molecule has 2 N–H and O–H groups in total. The Bertz CT molecular complexity index is 1400. The fraction of sp³-hybridized carbons (Fsp3) is 0.567. The van der Waals surface area contributed by atoms with Crippen LogP contribution in [0.3, 0.4) is 0 Å². The van der Waals surface area contributed by atoms with Crippen LogP contribution in [0.1, 0.15) is 64.6 Å². The van der Waals surface area contributed by atoms with E-state index in [1.807, 2.05) is 40.7 Å². The largest absolute Gasteiger partial charge is 0.444 e. The minimum atomic E-state index is -0.361. The number of rotatable bonds is 4. The number of H-pyrrole nitrogens is 1.